The zero-order valence-electron chi connectivity index (χ0n) is 17.0. The summed E-state index contributed by atoms with van der Waals surface area (Å²) < 4.78 is 5.79. The molecule has 2 rings (SSSR count). The van der Waals surface area contributed by atoms with Crippen LogP contribution in [0.4, 0.5) is 4.79 Å². The average molecular weight is 377 g/mol. The molecule has 7 nitrogen and oxygen atoms in total. The fourth-order valence-electron chi connectivity index (χ4n) is 3.24. The van der Waals surface area contributed by atoms with Gasteiger partial charge in [-0.3, -0.25) is 9.69 Å². The molecule has 0 unspecified atom stereocenters. The normalized spacial score (nSPS) is 20.8. The zero-order chi connectivity index (χ0) is 20.0. The van der Waals surface area contributed by atoms with Crippen LogP contribution in [0, 0.1) is 0 Å². The minimum atomic E-state index is -0.201. The van der Waals surface area contributed by atoms with E-state index in [9.17, 15) is 9.59 Å². The molecule has 0 aromatic heterocycles. The number of amides is 3. The van der Waals surface area contributed by atoms with Crippen molar-refractivity contribution in [2.75, 3.05) is 26.7 Å². The molecule has 0 aliphatic carbocycles. The summed E-state index contributed by atoms with van der Waals surface area (Å²) in [7, 11) is 1.60. The molecular weight excluding hydrogens is 344 g/mol. The van der Waals surface area contributed by atoms with E-state index in [0.717, 1.165) is 18.7 Å². The van der Waals surface area contributed by atoms with Crippen molar-refractivity contribution in [1.29, 1.82) is 0 Å². The third-order valence-corrected chi connectivity index (χ3v) is 4.85. The largest absolute Gasteiger partial charge is 0.373 e. The first-order chi connectivity index (χ1) is 12.7. The van der Waals surface area contributed by atoms with Crippen LogP contribution >= 0.6 is 0 Å². The van der Waals surface area contributed by atoms with Gasteiger partial charge in [0.15, 0.2) is 0 Å². The molecule has 1 aromatic rings. The Morgan fingerprint density at radius 2 is 1.70 bits per heavy atom. The predicted molar refractivity (Wildman–Crippen MR) is 106 cm³/mol. The van der Waals surface area contributed by atoms with Crippen molar-refractivity contribution in [1.82, 2.24) is 20.9 Å². The summed E-state index contributed by atoms with van der Waals surface area (Å²) in [5, 5.41) is 8.41. The van der Waals surface area contributed by atoms with Crippen LogP contribution in [0.1, 0.15) is 43.6 Å². The highest BCUT2D eigenvalue weighted by molar-refractivity contribution is 5.93. The first kappa shape index (κ1) is 21.2. The van der Waals surface area contributed by atoms with Crippen LogP contribution in [-0.2, 0) is 11.3 Å². The van der Waals surface area contributed by atoms with E-state index in [1.807, 2.05) is 12.1 Å². The third-order valence-electron chi connectivity index (χ3n) is 4.85. The van der Waals surface area contributed by atoms with Crippen LogP contribution in [0.2, 0.25) is 0 Å². The van der Waals surface area contributed by atoms with Crippen LogP contribution in [0.3, 0.4) is 0 Å². The van der Waals surface area contributed by atoms with Gasteiger partial charge in [0.25, 0.3) is 5.91 Å². The van der Waals surface area contributed by atoms with Crippen molar-refractivity contribution < 1.29 is 14.3 Å². The van der Waals surface area contributed by atoms with E-state index in [1.54, 1.807) is 19.2 Å². The molecule has 0 bridgehead atoms. The SMILES string of the molecule is CNC(=O)c1ccc(CNC(=O)NCC(C)(C)N2C[C@@H](C)O[C@H](C)C2)cc1. The molecular formula is C20H32N4O3. The fraction of sp³-hybridized carbons (Fsp3) is 0.600. The van der Waals surface area contributed by atoms with E-state index in [0.29, 0.717) is 18.7 Å². The molecule has 3 N–H and O–H groups in total. The van der Waals surface area contributed by atoms with E-state index in [2.05, 4.69) is 48.5 Å². The monoisotopic (exact) mass is 376 g/mol. The van der Waals surface area contributed by atoms with Gasteiger partial charge in [-0.2, -0.15) is 0 Å². The second-order valence-electron chi connectivity index (χ2n) is 7.79. The number of benzene rings is 1. The van der Waals surface area contributed by atoms with E-state index >= 15 is 0 Å². The Kier molecular flexibility index (Phi) is 7.21. The maximum absolute atomic E-state index is 12.2. The van der Waals surface area contributed by atoms with Gasteiger partial charge in [-0.05, 0) is 45.4 Å². The highest BCUT2D eigenvalue weighted by Crippen LogP contribution is 2.20. The average Bonchev–Trinajstić information content (AvgIpc) is 2.63. The number of nitrogens with one attached hydrogen (secondary N) is 3. The van der Waals surface area contributed by atoms with E-state index in [-0.39, 0.29) is 29.7 Å². The summed E-state index contributed by atoms with van der Waals surface area (Å²) in [6.45, 7) is 11.1. The Hall–Kier alpha value is -2.12. The first-order valence-electron chi connectivity index (χ1n) is 9.44. The van der Waals surface area contributed by atoms with Gasteiger partial charge in [0.1, 0.15) is 0 Å². The molecule has 0 spiro atoms. The van der Waals surface area contributed by atoms with Crippen LogP contribution in [0.5, 0.6) is 0 Å². The van der Waals surface area contributed by atoms with Crippen molar-refractivity contribution in [2.45, 2.75) is 52.0 Å². The Morgan fingerprint density at radius 3 is 2.26 bits per heavy atom. The van der Waals surface area contributed by atoms with Crippen molar-refractivity contribution in [3.05, 3.63) is 35.4 Å². The van der Waals surface area contributed by atoms with Crippen molar-refractivity contribution >= 4 is 11.9 Å². The van der Waals surface area contributed by atoms with Gasteiger partial charge in [0.2, 0.25) is 0 Å². The van der Waals surface area contributed by atoms with Gasteiger partial charge in [0.05, 0.1) is 12.2 Å². The molecule has 1 aliphatic heterocycles. The van der Waals surface area contributed by atoms with Crippen molar-refractivity contribution in [3.63, 3.8) is 0 Å². The summed E-state index contributed by atoms with van der Waals surface area (Å²) in [5.41, 5.74) is 1.38. The number of morpholine rings is 1. The molecule has 1 aromatic carbocycles. The first-order valence-corrected chi connectivity index (χ1v) is 9.44. The number of hydrogen-bond acceptors (Lipinski definition) is 4. The molecule has 0 radical (unpaired) electrons. The number of nitrogens with zero attached hydrogens (tertiary/aromatic N) is 1. The number of hydrogen-bond donors (Lipinski definition) is 3. The number of carbonyl (C=O) groups excluding carboxylic acids is 2. The number of carbonyl (C=O) groups is 2. The molecule has 1 heterocycles. The molecule has 2 atom stereocenters. The topological polar surface area (TPSA) is 82.7 Å². The lowest BCUT2D eigenvalue weighted by atomic mass is 10.00. The summed E-state index contributed by atoms with van der Waals surface area (Å²) >= 11 is 0. The van der Waals surface area contributed by atoms with E-state index < -0.39 is 0 Å². The summed E-state index contributed by atoms with van der Waals surface area (Å²) in [5.74, 6) is -0.124. The molecule has 1 saturated heterocycles. The molecule has 1 fully saturated rings. The lowest BCUT2D eigenvalue weighted by Crippen LogP contribution is -2.59. The third kappa shape index (κ3) is 6.22. The van der Waals surface area contributed by atoms with Crippen LogP contribution in [0.25, 0.3) is 0 Å². The maximum Gasteiger partial charge on any atom is 0.315 e. The Labute approximate surface area is 161 Å². The zero-order valence-corrected chi connectivity index (χ0v) is 17.0. The van der Waals surface area contributed by atoms with Gasteiger partial charge >= 0.3 is 6.03 Å². The Balaban J connectivity index is 1.79. The van der Waals surface area contributed by atoms with E-state index in [1.165, 1.54) is 0 Å². The maximum atomic E-state index is 12.2. The molecule has 150 valence electrons. The minimum absolute atomic E-state index is 0.124. The van der Waals surface area contributed by atoms with Crippen molar-refractivity contribution in [2.24, 2.45) is 0 Å². The number of urea groups is 1. The summed E-state index contributed by atoms with van der Waals surface area (Å²) in [6.07, 6.45) is 0.388. The smallest absolute Gasteiger partial charge is 0.315 e. The quantitative estimate of drug-likeness (QED) is 0.706. The predicted octanol–water partition coefficient (Wildman–Crippen LogP) is 1.73. The van der Waals surface area contributed by atoms with Gasteiger partial charge in [-0.25, -0.2) is 4.79 Å². The van der Waals surface area contributed by atoms with Crippen molar-refractivity contribution in [3.8, 4) is 0 Å². The van der Waals surface area contributed by atoms with Gasteiger partial charge in [0, 0.05) is 44.3 Å². The molecule has 0 saturated carbocycles. The number of rotatable bonds is 6. The number of ether oxygens (including phenoxy) is 1. The standard InChI is InChI=1S/C20H32N4O3/c1-14-11-24(12-15(2)27-14)20(3,4)13-23-19(26)22-10-16-6-8-17(9-7-16)18(25)21-5/h6-9,14-15H,10-13H2,1-5H3,(H,21,25)(H2,22,23,26)/t14-,15-/m1/s1. The second-order valence-corrected chi connectivity index (χ2v) is 7.79. The molecule has 3 amide bonds. The van der Waals surface area contributed by atoms with Gasteiger partial charge in [-0.1, -0.05) is 12.1 Å². The summed E-state index contributed by atoms with van der Waals surface area (Å²) in [4.78, 5) is 26.1. The molecule has 27 heavy (non-hydrogen) atoms. The molecule has 1 aliphatic rings. The highest BCUT2D eigenvalue weighted by Gasteiger charge is 2.33. The van der Waals surface area contributed by atoms with Gasteiger partial charge < -0.3 is 20.7 Å². The van der Waals surface area contributed by atoms with Gasteiger partial charge in [-0.15, -0.1) is 0 Å². The Morgan fingerprint density at radius 1 is 1.11 bits per heavy atom. The highest BCUT2D eigenvalue weighted by atomic mass is 16.5. The molecule has 7 heteroatoms. The van der Waals surface area contributed by atoms with Crippen LogP contribution in [0.15, 0.2) is 24.3 Å². The van der Waals surface area contributed by atoms with E-state index in [4.69, 9.17) is 4.74 Å². The lowest BCUT2D eigenvalue weighted by Gasteiger charge is -2.45. The fourth-order valence-corrected chi connectivity index (χ4v) is 3.24. The lowest BCUT2D eigenvalue weighted by molar-refractivity contribution is -0.0947. The van der Waals surface area contributed by atoms with Crippen LogP contribution < -0.4 is 16.0 Å². The Bertz CT molecular complexity index is 635. The summed E-state index contributed by atoms with van der Waals surface area (Å²) in [6, 6.07) is 6.97. The minimum Gasteiger partial charge on any atom is -0.373 e. The van der Waals surface area contributed by atoms with Crippen LogP contribution in [-0.4, -0.2) is 61.3 Å². The second kappa shape index (κ2) is 9.19.